The van der Waals surface area contributed by atoms with Crippen LogP contribution in [-0.2, 0) is 4.79 Å². The van der Waals surface area contributed by atoms with Crippen molar-refractivity contribution in [1.29, 1.82) is 0 Å². The highest BCUT2D eigenvalue weighted by Crippen LogP contribution is 2.29. The number of aromatic nitrogens is 2. The average molecular weight is 404 g/mol. The quantitative estimate of drug-likeness (QED) is 0.801. The Balaban J connectivity index is 1.70. The Hall–Kier alpha value is -2.61. The fourth-order valence-electron chi connectivity index (χ4n) is 3.46. The molecule has 2 heterocycles. The largest absolute Gasteiger partial charge is 0.383 e. The van der Waals surface area contributed by atoms with Gasteiger partial charge in [0, 0.05) is 43.5 Å². The van der Waals surface area contributed by atoms with Crippen LogP contribution in [0, 0.1) is 5.92 Å². The lowest BCUT2D eigenvalue weighted by Crippen LogP contribution is -2.51. The Morgan fingerprint density at radius 1 is 1.14 bits per heavy atom. The summed E-state index contributed by atoms with van der Waals surface area (Å²) in [6.45, 7) is 5.97. The number of anilines is 1. The standard InChI is InChI=1S/C21H26F2N4O2/c1-14(2)13-17(28)21(29)27-11-9-26(10-12-27)18-7-8-24-20(25-18)16-6-4-3-5-15(16)19(22)23/h3-8,14,17,19,28H,9-13H2,1-2H3. The molecule has 1 aromatic heterocycles. The molecule has 0 spiro atoms. The van der Waals surface area contributed by atoms with E-state index in [1.165, 1.54) is 6.07 Å². The van der Waals surface area contributed by atoms with E-state index < -0.39 is 12.5 Å². The van der Waals surface area contributed by atoms with Crippen molar-refractivity contribution in [2.45, 2.75) is 32.8 Å². The van der Waals surface area contributed by atoms with Crippen LogP contribution in [0.15, 0.2) is 36.5 Å². The minimum atomic E-state index is -2.61. The van der Waals surface area contributed by atoms with Gasteiger partial charge >= 0.3 is 0 Å². The maximum absolute atomic E-state index is 13.3. The highest BCUT2D eigenvalue weighted by atomic mass is 19.3. The van der Waals surface area contributed by atoms with Crippen molar-refractivity contribution in [2.24, 2.45) is 5.92 Å². The molecule has 1 N–H and O–H groups in total. The lowest BCUT2D eigenvalue weighted by molar-refractivity contribution is -0.141. The first kappa shape index (κ1) is 21.1. The van der Waals surface area contributed by atoms with E-state index in [2.05, 4.69) is 9.97 Å². The predicted molar refractivity (Wildman–Crippen MR) is 107 cm³/mol. The molecule has 1 saturated heterocycles. The van der Waals surface area contributed by atoms with E-state index in [1.807, 2.05) is 18.7 Å². The van der Waals surface area contributed by atoms with Crippen molar-refractivity contribution in [2.75, 3.05) is 31.1 Å². The van der Waals surface area contributed by atoms with Gasteiger partial charge in [0.25, 0.3) is 12.3 Å². The molecule has 0 bridgehead atoms. The summed E-state index contributed by atoms with van der Waals surface area (Å²) in [6, 6.07) is 7.96. The number of nitrogens with zero attached hydrogens (tertiary/aromatic N) is 4. The fourth-order valence-corrected chi connectivity index (χ4v) is 3.46. The molecule has 3 rings (SSSR count). The number of benzene rings is 1. The molecule has 1 aliphatic rings. The number of carbonyl (C=O) groups is 1. The van der Waals surface area contributed by atoms with Crippen LogP contribution in [0.5, 0.6) is 0 Å². The van der Waals surface area contributed by atoms with Gasteiger partial charge in [0.2, 0.25) is 0 Å². The van der Waals surface area contributed by atoms with Gasteiger partial charge in [0.15, 0.2) is 5.82 Å². The van der Waals surface area contributed by atoms with Crippen molar-refractivity contribution in [3.05, 3.63) is 42.1 Å². The third-order valence-electron chi connectivity index (χ3n) is 4.97. The lowest BCUT2D eigenvalue weighted by Gasteiger charge is -2.36. The summed E-state index contributed by atoms with van der Waals surface area (Å²) in [7, 11) is 0. The van der Waals surface area contributed by atoms with E-state index in [-0.39, 0.29) is 23.2 Å². The van der Waals surface area contributed by atoms with E-state index in [9.17, 15) is 18.7 Å². The van der Waals surface area contributed by atoms with Gasteiger partial charge in [-0.2, -0.15) is 0 Å². The molecule has 0 radical (unpaired) electrons. The first-order valence-corrected chi connectivity index (χ1v) is 9.79. The SMILES string of the molecule is CC(C)CC(O)C(=O)N1CCN(c2ccnc(-c3ccccc3C(F)F)n2)CC1. The van der Waals surface area contributed by atoms with Crippen LogP contribution in [0.25, 0.3) is 11.4 Å². The van der Waals surface area contributed by atoms with Crippen LogP contribution in [0.2, 0.25) is 0 Å². The zero-order valence-electron chi connectivity index (χ0n) is 16.6. The first-order chi connectivity index (χ1) is 13.9. The Morgan fingerprint density at radius 3 is 2.48 bits per heavy atom. The summed E-state index contributed by atoms with van der Waals surface area (Å²) < 4.78 is 26.6. The zero-order valence-corrected chi connectivity index (χ0v) is 16.6. The smallest absolute Gasteiger partial charge is 0.264 e. The summed E-state index contributed by atoms with van der Waals surface area (Å²) in [4.78, 5) is 24.7. The Kier molecular flexibility index (Phi) is 6.74. The van der Waals surface area contributed by atoms with Crippen LogP contribution in [0.1, 0.15) is 32.3 Å². The maximum Gasteiger partial charge on any atom is 0.264 e. The normalized spacial score (nSPS) is 15.8. The minimum absolute atomic E-state index is 0.0980. The first-order valence-electron chi connectivity index (χ1n) is 9.79. The number of hydrogen-bond donors (Lipinski definition) is 1. The average Bonchev–Trinajstić information content (AvgIpc) is 2.73. The Bertz CT molecular complexity index is 839. The number of aliphatic hydroxyl groups is 1. The van der Waals surface area contributed by atoms with Gasteiger partial charge in [-0.1, -0.05) is 38.1 Å². The van der Waals surface area contributed by atoms with E-state index in [1.54, 1.807) is 35.4 Å². The second-order valence-corrected chi connectivity index (χ2v) is 7.58. The maximum atomic E-state index is 13.3. The topological polar surface area (TPSA) is 69.6 Å². The molecule has 1 fully saturated rings. The van der Waals surface area contributed by atoms with Gasteiger partial charge in [0.05, 0.1) is 0 Å². The molecule has 156 valence electrons. The number of hydrogen-bond acceptors (Lipinski definition) is 5. The number of aliphatic hydroxyl groups excluding tert-OH is 1. The van der Waals surface area contributed by atoms with Crippen LogP contribution >= 0.6 is 0 Å². The molecule has 1 aliphatic heterocycles. The molecule has 8 heteroatoms. The third-order valence-corrected chi connectivity index (χ3v) is 4.97. The molecule has 0 saturated carbocycles. The van der Waals surface area contributed by atoms with E-state index in [0.29, 0.717) is 44.0 Å². The van der Waals surface area contributed by atoms with Gasteiger partial charge in [-0.3, -0.25) is 4.79 Å². The van der Waals surface area contributed by atoms with Crippen LogP contribution in [0.3, 0.4) is 0 Å². The summed E-state index contributed by atoms with van der Waals surface area (Å²) in [6.07, 6.45) is -1.58. The van der Waals surface area contributed by atoms with Crippen LogP contribution < -0.4 is 4.90 Å². The van der Waals surface area contributed by atoms with Crippen LogP contribution in [0.4, 0.5) is 14.6 Å². The van der Waals surface area contributed by atoms with Gasteiger partial charge in [-0.05, 0) is 18.4 Å². The lowest BCUT2D eigenvalue weighted by atomic mass is 10.0. The number of alkyl halides is 2. The number of carbonyl (C=O) groups excluding carboxylic acids is 1. The molecule has 1 atom stereocenters. The van der Waals surface area contributed by atoms with Crippen molar-refractivity contribution in [3.63, 3.8) is 0 Å². The summed E-state index contributed by atoms with van der Waals surface area (Å²) in [5.41, 5.74) is 0.217. The van der Waals surface area contributed by atoms with E-state index in [4.69, 9.17) is 0 Å². The Morgan fingerprint density at radius 2 is 1.83 bits per heavy atom. The number of halogens is 2. The van der Waals surface area contributed by atoms with Gasteiger partial charge in [-0.25, -0.2) is 18.7 Å². The van der Waals surface area contributed by atoms with Crippen molar-refractivity contribution in [3.8, 4) is 11.4 Å². The third kappa shape index (κ3) is 5.06. The van der Waals surface area contributed by atoms with E-state index >= 15 is 0 Å². The minimum Gasteiger partial charge on any atom is -0.383 e. The monoisotopic (exact) mass is 404 g/mol. The second-order valence-electron chi connectivity index (χ2n) is 7.58. The molecule has 0 aliphatic carbocycles. The van der Waals surface area contributed by atoms with E-state index in [0.717, 1.165) is 0 Å². The van der Waals surface area contributed by atoms with Gasteiger partial charge < -0.3 is 14.9 Å². The van der Waals surface area contributed by atoms with Gasteiger partial charge in [0.1, 0.15) is 11.9 Å². The second kappa shape index (κ2) is 9.26. The van der Waals surface area contributed by atoms with Crippen molar-refractivity contribution >= 4 is 11.7 Å². The molecule has 1 amide bonds. The van der Waals surface area contributed by atoms with Crippen molar-refractivity contribution < 1.29 is 18.7 Å². The molecular formula is C21H26F2N4O2. The number of piperazine rings is 1. The summed E-state index contributed by atoms with van der Waals surface area (Å²) in [5, 5.41) is 10.1. The van der Waals surface area contributed by atoms with Crippen molar-refractivity contribution in [1.82, 2.24) is 14.9 Å². The molecular weight excluding hydrogens is 378 g/mol. The highest BCUT2D eigenvalue weighted by Gasteiger charge is 2.27. The molecule has 29 heavy (non-hydrogen) atoms. The fraction of sp³-hybridized carbons (Fsp3) is 0.476. The molecule has 2 aromatic rings. The summed E-state index contributed by atoms with van der Waals surface area (Å²) in [5.74, 6) is 0.886. The number of rotatable bonds is 6. The summed E-state index contributed by atoms with van der Waals surface area (Å²) >= 11 is 0. The van der Waals surface area contributed by atoms with Crippen LogP contribution in [-0.4, -0.2) is 58.2 Å². The Labute approximate surface area is 169 Å². The zero-order chi connectivity index (χ0) is 21.0. The molecule has 1 unspecified atom stereocenters. The number of amides is 1. The highest BCUT2D eigenvalue weighted by molar-refractivity contribution is 5.81. The molecule has 1 aromatic carbocycles. The predicted octanol–water partition coefficient (Wildman–Crippen LogP) is 3.14. The molecule has 6 nitrogen and oxygen atoms in total. The van der Waals surface area contributed by atoms with Gasteiger partial charge in [-0.15, -0.1) is 0 Å².